The van der Waals surface area contributed by atoms with Gasteiger partial charge in [0.25, 0.3) is 0 Å². The number of hydrogen-bond acceptors (Lipinski definition) is 2. The highest BCUT2D eigenvalue weighted by atomic mass is 32.2. The molecular formula is C28H34NO2S. The Kier molecular flexibility index (Phi) is 6.97. The molecule has 1 atom stereocenters. The van der Waals surface area contributed by atoms with E-state index in [0.29, 0.717) is 5.56 Å². The van der Waals surface area contributed by atoms with Crippen LogP contribution >= 0.6 is 0 Å². The Labute approximate surface area is 194 Å². The summed E-state index contributed by atoms with van der Waals surface area (Å²) in [5, 5.41) is 0. The highest BCUT2D eigenvalue weighted by Gasteiger charge is 2.32. The molecule has 169 valence electrons. The Morgan fingerprint density at radius 3 is 1.62 bits per heavy atom. The van der Waals surface area contributed by atoms with Gasteiger partial charge in [-0.2, -0.15) is 0 Å². The standard InChI is InChI=1S/C28H34NO2S/c1-27(2,3)23-18-13-19-24(28(4,5)6)25(23)26(22-16-11-8-12-17-22)29-32(30,31)20-21-14-9-7-10-15-21/h7-20,26,29H,1-6H3. The molecule has 4 heteroatoms. The number of benzene rings is 3. The van der Waals surface area contributed by atoms with Crippen LogP contribution in [0.25, 0.3) is 0 Å². The van der Waals surface area contributed by atoms with Gasteiger partial charge in [0.15, 0.2) is 0 Å². The Morgan fingerprint density at radius 2 is 1.16 bits per heavy atom. The van der Waals surface area contributed by atoms with Crippen molar-refractivity contribution in [1.82, 2.24) is 4.72 Å². The van der Waals surface area contributed by atoms with Gasteiger partial charge in [-0.15, -0.1) is 0 Å². The van der Waals surface area contributed by atoms with Gasteiger partial charge in [-0.25, -0.2) is 13.1 Å². The molecule has 3 nitrogen and oxygen atoms in total. The first-order valence-electron chi connectivity index (χ1n) is 11.0. The minimum absolute atomic E-state index is 0.155. The number of hydrogen-bond donors (Lipinski definition) is 1. The zero-order chi connectivity index (χ0) is 23.6. The number of sulfonamides is 1. The molecule has 0 saturated heterocycles. The summed E-state index contributed by atoms with van der Waals surface area (Å²) < 4.78 is 29.6. The summed E-state index contributed by atoms with van der Waals surface area (Å²) in [6, 6.07) is 24.8. The van der Waals surface area contributed by atoms with E-state index < -0.39 is 16.1 Å². The van der Waals surface area contributed by atoms with Crippen LogP contribution in [0.1, 0.15) is 75.4 Å². The van der Waals surface area contributed by atoms with Crippen LogP contribution in [0.5, 0.6) is 0 Å². The van der Waals surface area contributed by atoms with E-state index in [-0.39, 0.29) is 10.8 Å². The summed E-state index contributed by atoms with van der Waals surface area (Å²) in [7, 11) is -3.73. The molecule has 3 aromatic rings. The van der Waals surface area contributed by atoms with Gasteiger partial charge in [0, 0.05) is 0 Å². The molecule has 0 fully saturated rings. The van der Waals surface area contributed by atoms with E-state index in [4.69, 9.17) is 0 Å². The molecule has 0 aliphatic carbocycles. The molecule has 1 unspecified atom stereocenters. The van der Waals surface area contributed by atoms with Gasteiger partial charge < -0.3 is 0 Å². The van der Waals surface area contributed by atoms with Crippen LogP contribution in [0.3, 0.4) is 0 Å². The molecule has 0 aliphatic rings. The molecule has 0 saturated carbocycles. The van der Waals surface area contributed by atoms with Crippen molar-refractivity contribution in [1.29, 1.82) is 0 Å². The van der Waals surface area contributed by atoms with E-state index in [9.17, 15) is 8.42 Å². The molecule has 3 rings (SSSR count). The molecule has 0 aliphatic heterocycles. The summed E-state index contributed by atoms with van der Waals surface area (Å²) in [4.78, 5) is 0. The third-order valence-corrected chi connectivity index (χ3v) is 6.66. The first-order chi connectivity index (χ1) is 14.9. The summed E-state index contributed by atoms with van der Waals surface area (Å²) >= 11 is 0. The number of rotatable bonds is 6. The molecule has 3 aromatic carbocycles. The van der Waals surface area contributed by atoms with Crippen molar-refractivity contribution in [3.63, 3.8) is 0 Å². The van der Waals surface area contributed by atoms with E-state index in [1.807, 2.05) is 48.5 Å². The van der Waals surface area contributed by atoms with E-state index in [0.717, 1.165) is 22.3 Å². The van der Waals surface area contributed by atoms with Gasteiger partial charge >= 0.3 is 0 Å². The quantitative estimate of drug-likeness (QED) is 0.468. The lowest BCUT2D eigenvalue weighted by Gasteiger charge is -2.34. The van der Waals surface area contributed by atoms with Crippen molar-refractivity contribution >= 4 is 10.0 Å². The van der Waals surface area contributed by atoms with Crippen molar-refractivity contribution in [2.24, 2.45) is 0 Å². The monoisotopic (exact) mass is 448 g/mol. The fraction of sp³-hybridized carbons (Fsp3) is 0.321. The first-order valence-corrected chi connectivity index (χ1v) is 12.5. The van der Waals surface area contributed by atoms with Crippen LogP contribution in [0, 0.1) is 5.75 Å². The van der Waals surface area contributed by atoms with Crippen LogP contribution in [0.4, 0.5) is 0 Å². The fourth-order valence-electron chi connectivity index (χ4n) is 4.03. The molecule has 0 aromatic heterocycles. The van der Waals surface area contributed by atoms with Gasteiger partial charge in [-0.1, -0.05) is 120 Å². The Bertz CT molecular complexity index is 1110. The van der Waals surface area contributed by atoms with E-state index in [1.54, 1.807) is 12.1 Å². The van der Waals surface area contributed by atoms with E-state index >= 15 is 0 Å². The van der Waals surface area contributed by atoms with Crippen molar-refractivity contribution < 1.29 is 8.42 Å². The zero-order valence-corrected chi connectivity index (χ0v) is 20.7. The Hall–Kier alpha value is -2.43. The average Bonchev–Trinajstić information content (AvgIpc) is 2.71. The zero-order valence-electron chi connectivity index (χ0n) is 19.9. The maximum atomic E-state index is 13.3. The van der Waals surface area contributed by atoms with Crippen LogP contribution in [-0.4, -0.2) is 8.42 Å². The summed E-state index contributed by atoms with van der Waals surface area (Å²) in [5.74, 6) is 1.30. The third kappa shape index (κ3) is 5.87. The molecule has 0 amide bonds. The van der Waals surface area contributed by atoms with Crippen LogP contribution in [0.2, 0.25) is 0 Å². The molecule has 0 spiro atoms. The van der Waals surface area contributed by atoms with Gasteiger partial charge in [-0.05, 0) is 38.6 Å². The van der Waals surface area contributed by atoms with E-state index in [1.165, 1.54) is 5.75 Å². The van der Waals surface area contributed by atoms with Gasteiger partial charge in [0.1, 0.15) is 5.75 Å². The molecule has 1 radical (unpaired) electrons. The predicted octanol–water partition coefficient (Wildman–Crippen LogP) is 6.50. The highest BCUT2D eigenvalue weighted by molar-refractivity contribution is 7.91. The number of nitrogens with one attached hydrogen (secondary N) is 1. The molecule has 1 N–H and O–H groups in total. The molecular weight excluding hydrogens is 414 g/mol. The summed E-state index contributed by atoms with van der Waals surface area (Å²) in [6.45, 7) is 13.0. The summed E-state index contributed by atoms with van der Waals surface area (Å²) in [5.41, 5.74) is 4.56. The maximum absolute atomic E-state index is 13.3. The van der Waals surface area contributed by atoms with Crippen LogP contribution in [-0.2, 0) is 20.9 Å². The third-order valence-electron chi connectivity index (χ3n) is 5.52. The lowest BCUT2D eigenvalue weighted by Crippen LogP contribution is -2.34. The maximum Gasteiger partial charge on any atom is 0.221 e. The van der Waals surface area contributed by atoms with E-state index in [2.05, 4.69) is 64.5 Å². The second kappa shape index (κ2) is 9.21. The minimum atomic E-state index is -3.73. The molecule has 0 bridgehead atoms. The van der Waals surface area contributed by atoms with Crippen LogP contribution in [0.15, 0.2) is 78.9 Å². The lowest BCUT2D eigenvalue weighted by molar-refractivity contribution is 0.534. The van der Waals surface area contributed by atoms with Gasteiger partial charge in [-0.3, -0.25) is 0 Å². The highest BCUT2D eigenvalue weighted by Crippen LogP contribution is 2.40. The predicted molar refractivity (Wildman–Crippen MR) is 134 cm³/mol. The summed E-state index contributed by atoms with van der Waals surface area (Å²) in [6.07, 6.45) is 0. The van der Waals surface area contributed by atoms with Gasteiger partial charge in [0.05, 0.1) is 6.04 Å². The average molecular weight is 449 g/mol. The van der Waals surface area contributed by atoms with Crippen molar-refractivity contribution in [3.8, 4) is 0 Å². The molecule has 32 heavy (non-hydrogen) atoms. The fourth-order valence-corrected chi connectivity index (χ4v) is 5.20. The minimum Gasteiger partial charge on any atom is -0.212 e. The Balaban J connectivity index is 2.20. The van der Waals surface area contributed by atoms with Gasteiger partial charge in [0.2, 0.25) is 10.0 Å². The molecule has 0 heterocycles. The van der Waals surface area contributed by atoms with Crippen molar-refractivity contribution in [2.45, 2.75) is 58.4 Å². The normalized spacial score (nSPS) is 13.7. The smallest absolute Gasteiger partial charge is 0.212 e. The second-order valence-corrected chi connectivity index (χ2v) is 11.9. The first kappa shape index (κ1) is 24.2. The van der Waals surface area contributed by atoms with Crippen molar-refractivity contribution in [3.05, 3.63) is 112 Å². The van der Waals surface area contributed by atoms with Crippen LogP contribution < -0.4 is 4.72 Å². The lowest BCUT2D eigenvalue weighted by atomic mass is 9.73. The van der Waals surface area contributed by atoms with Crippen molar-refractivity contribution in [2.75, 3.05) is 0 Å². The topological polar surface area (TPSA) is 46.2 Å². The Morgan fingerprint density at radius 1 is 0.688 bits per heavy atom. The second-order valence-electron chi connectivity index (χ2n) is 10.3. The largest absolute Gasteiger partial charge is 0.221 e. The SMILES string of the molecule is CC(C)(C)c1cccc(C(C)(C)C)c1C(NS(=O)(=O)[CH]c1ccccc1)c1ccccc1.